The van der Waals surface area contributed by atoms with Gasteiger partial charge in [0.15, 0.2) is 0 Å². The van der Waals surface area contributed by atoms with Gasteiger partial charge in [0, 0.05) is 24.2 Å². The maximum Gasteiger partial charge on any atom is 0.257 e. The molecule has 0 aliphatic heterocycles. The number of rotatable bonds is 5. The van der Waals surface area contributed by atoms with Gasteiger partial charge >= 0.3 is 0 Å². The van der Waals surface area contributed by atoms with Crippen molar-refractivity contribution < 1.29 is 14.6 Å². The molecule has 0 saturated carbocycles. The standard InChI is InChI=1S/C14H16N2O4/c1-20-8-9(7-17)16-14(19)11-6-15-12-5-3-2-4-10(12)13(11)18/h2-6,9,17H,7-8H2,1H3,(H,15,18)(H,16,19). The first-order valence-corrected chi connectivity index (χ1v) is 6.18. The number of ether oxygens (including phenoxy) is 1. The van der Waals surface area contributed by atoms with Gasteiger partial charge in [0.2, 0.25) is 5.43 Å². The van der Waals surface area contributed by atoms with Gasteiger partial charge in [-0.25, -0.2) is 0 Å². The van der Waals surface area contributed by atoms with Crippen LogP contribution in [0.25, 0.3) is 10.9 Å². The van der Waals surface area contributed by atoms with Crippen molar-refractivity contribution in [2.75, 3.05) is 20.3 Å². The second-order valence-electron chi connectivity index (χ2n) is 4.39. The quantitative estimate of drug-likeness (QED) is 0.730. The van der Waals surface area contributed by atoms with Crippen LogP contribution >= 0.6 is 0 Å². The van der Waals surface area contributed by atoms with E-state index in [2.05, 4.69) is 10.3 Å². The van der Waals surface area contributed by atoms with Crippen molar-refractivity contribution in [3.63, 3.8) is 0 Å². The van der Waals surface area contributed by atoms with Crippen molar-refractivity contribution in [3.05, 3.63) is 46.2 Å². The minimum absolute atomic E-state index is 0.0123. The first-order chi connectivity index (χ1) is 9.67. The molecule has 20 heavy (non-hydrogen) atoms. The summed E-state index contributed by atoms with van der Waals surface area (Å²) in [5.41, 5.74) is 0.342. The molecule has 0 spiro atoms. The van der Waals surface area contributed by atoms with Crippen LogP contribution in [0.2, 0.25) is 0 Å². The number of hydrogen-bond donors (Lipinski definition) is 3. The number of carbonyl (C=O) groups is 1. The lowest BCUT2D eigenvalue weighted by molar-refractivity contribution is 0.0838. The Hall–Kier alpha value is -2.18. The summed E-state index contributed by atoms with van der Waals surface area (Å²) in [4.78, 5) is 27.2. The smallest absolute Gasteiger partial charge is 0.257 e. The highest BCUT2D eigenvalue weighted by Gasteiger charge is 2.16. The fourth-order valence-corrected chi connectivity index (χ4v) is 1.94. The van der Waals surface area contributed by atoms with E-state index in [0.717, 1.165) is 0 Å². The number of aliphatic hydroxyl groups excluding tert-OH is 1. The molecule has 1 aromatic carbocycles. The summed E-state index contributed by atoms with van der Waals surface area (Å²) in [5.74, 6) is -0.534. The molecular weight excluding hydrogens is 260 g/mol. The third kappa shape index (κ3) is 2.87. The molecule has 3 N–H and O–H groups in total. The van der Waals surface area contributed by atoms with Gasteiger partial charge in [-0.2, -0.15) is 0 Å². The normalized spacial score (nSPS) is 12.3. The van der Waals surface area contributed by atoms with E-state index in [-0.39, 0.29) is 24.2 Å². The van der Waals surface area contributed by atoms with Gasteiger partial charge in [-0.15, -0.1) is 0 Å². The second-order valence-corrected chi connectivity index (χ2v) is 4.39. The van der Waals surface area contributed by atoms with Crippen molar-refractivity contribution in [2.24, 2.45) is 0 Å². The SMILES string of the molecule is COCC(CO)NC(=O)c1c[nH]c2ccccc2c1=O. The van der Waals surface area contributed by atoms with E-state index >= 15 is 0 Å². The summed E-state index contributed by atoms with van der Waals surface area (Å²) < 4.78 is 4.87. The minimum Gasteiger partial charge on any atom is -0.394 e. The van der Waals surface area contributed by atoms with E-state index in [1.54, 1.807) is 24.3 Å². The summed E-state index contributed by atoms with van der Waals surface area (Å²) in [6, 6.07) is 6.42. The number of aliphatic hydroxyl groups is 1. The lowest BCUT2D eigenvalue weighted by atomic mass is 10.1. The molecule has 1 atom stereocenters. The molecule has 0 bridgehead atoms. The van der Waals surface area contributed by atoms with Crippen LogP contribution in [0, 0.1) is 0 Å². The molecule has 0 saturated heterocycles. The molecule has 1 amide bonds. The first-order valence-electron chi connectivity index (χ1n) is 6.18. The molecule has 0 fully saturated rings. The van der Waals surface area contributed by atoms with Crippen LogP contribution in [0.5, 0.6) is 0 Å². The predicted octanol–water partition coefficient (Wildman–Crippen LogP) is 0.265. The fourth-order valence-electron chi connectivity index (χ4n) is 1.94. The maximum atomic E-state index is 12.2. The summed E-state index contributed by atoms with van der Waals surface area (Å²) in [6.07, 6.45) is 1.38. The fraction of sp³-hybridized carbons (Fsp3) is 0.286. The van der Waals surface area contributed by atoms with Gasteiger partial charge < -0.3 is 20.1 Å². The predicted molar refractivity (Wildman–Crippen MR) is 74.8 cm³/mol. The molecule has 2 aromatic rings. The van der Waals surface area contributed by atoms with Gasteiger partial charge in [-0.3, -0.25) is 9.59 Å². The minimum atomic E-state index is -0.543. The summed E-state index contributed by atoms with van der Waals surface area (Å²) in [7, 11) is 1.47. The number of carbonyl (C=O) groups excluding carboxylic acids is 1. The Labute approximate surface area is 115 Å². The number of nitrogens with one attached hydrogen (secondary N) is 2. The Bertz CT molecular complexity index is 666. The number of amides is 1. The van der Waals surface area contributed by atoms with Crippen LogP contribution in [0.15, 0.2) is 35.3 Å². The average Bonchev–Trinajstić information content (AvgIpc) is 2.47. The molecule has 1 unspecified atom stereocenters. The zero-order valence-electron chi connectivity index (χ0n) is 11.1. The highest BCUT2D eigenvalue weighted by molar-refractivity contribution is 5.97. The van der Waals surface area contributed by atoms with Crippen LogP contribution in [0.4, 0.5) is 0 Å². The topological polar surface area (TPSA) is 91.4 Å². The lowest BCUT2D eigenvalue weighted by Crippen LogP contribution is -2.42. The second kappa shape index (κ2) is 6.31. The van der Waals surface area contributed by atoms with Crippen molar-refractivity contribution in [1.82, 2.24) is 10.3 Å². The summed E-state index contributed by atoms with van der Waals surface area (Å²) in [5, 5.41) is 12.1. The number of aromatic amines is 1. The molecular formula is C14H16N2O4. The zero-order chi connectivity index (χ0) is 14.5. The van der Waals surface area contributed by atoms with Crippen LogP contribution in [0.1, 0.15) is 10.4 Å². The van der Waals surface area contributed by atoms with E-state index in [1.165, 1.54) is 13.3 Å². The highest BCUT2D eigenvalue weighted by atomic mass is 16.5. The number of benzene rings is 1. The van der Waals surface area contributed by atoms with Crippen molar-refractivity contribution in [2.45, 2.75) is 6.04 Å². The largest absolute Gasteiger partial charge is 0.394 e. The molecule has 1 aromatic heterocycles. The molecule has 1 heterocycles. The lowest BCUT2D eigenvalue weighted by Gasteiger charge is -2.15. The number of pyridine rings is 1. The number of fused-ring (bicyclic) bond motifs is 1. The van der Waals surface area contributed by atoms with Gasteiger partial charge in [0.25, 0.3) is 5.91 Å². The maximum absolute atomic E-state index is 12.2. The Morgan fingerprint density at radius 1 is 1.45 bits per heavy atom. The van der Waals surface area contributed by atoms with E-state index < -0.39 is 11.9 Å². The Morgan fingerprint density at radius 3 is 2.90 bits per heavy atom. The third-order valence-electron chi connectivity index (χ3n) is 2.96. The molecule has 6 nitrogen and oxygen atoms in total. The number of H-pyrrole nitrogens is 1. The summed E-state index contributed by atoms with van der Waals surface area (Å²) >= 11 is 0. The van der Waals surface area contributed by atoms with Crippen molar-refractivity contribution in [1.29, 1.82) is 0 Å². The monoisotopic (exact) mass is 276 g/mol. The number of para-hydroxylation sites is 1. The van der Waals surface area contributed by atoms with Gasteiger partial charge in [0.05, 0.1) is 19.3 Å². The Morgan fingerprint density at radius 2 is 2.20 bits per heavy atom. The van der Waals surface area contributed by atoms with Gasteiger partial charge in [0.1, 0.15) is 5.56 Å². The van der Waals surface area contributed by atoms with E-state index in [1.807, 2.05) is 0 Å². The van der Waals surface area contributed by atoms with Crippen molar-refractivity contribution >= 4 is 16.8 Å². The molecule has 106 valence electrons. The first kappa shape index (κ1) is 14.2. The van der Waals surface area contributed by atoms with E-state index in [4.69, 9.17) is 9.84 Å². The van der Waals surface area contributed by atoms with Crippen molar-refractivity contribution in [3.8, 4) is 0 Å². The third-order valence-corrected chi connectivity index (χ3v) is 2.96. The molecule has 2 rings (SSSR count). The molecule has 6 heteroatoms. The number of hydrogen-bond acceptors (Lipinski definition) is 4. The van der Waals surface area contributed by atoms with Gasteiger partial charge in [-0.1, -0.05) is 12.1 Å². The van der Waals surface area contributed by atoms with E-state index in [0.29, 0.717) is 10.9 Å². The molecule has 0 radical (unpaired) electrons. The molecule has 0 aliphatic carbocycles. The average molecular weight is 276 g/mol. The van der Waals surface area contributed by atoms with Gasteiger partial charge in [-0.05, 0) is 12.1 Å². The number of aromatic nitrogens is 1. The molecule has 0 aliphatic rings. The van der Waals surface area contributed by atoms with Crippen LogP contribution in [0.3, 0.4) is 0 Å². The zero-order valence-corrected chi connectivity index (χ0v) is 11.1. The highest BCUT2D eigenvalue weighted by Crippen LogP contribution is 2.07. The van der Waals surface area contributed by atoms with Crippen LogP contribution < -0.4 is 10.7 Å². The summed E-state index contributed by atoms with van der Waals surface area (Å²) in [6.45, 7) is -0.0845. The Balaban J connectivity index is 2.31. The van der Waals surface area contributed by atoms with E-state index in [9.17, 15) is 9.59 Å². The van der Waals surface area contributed by atoms with Crippen LogP contribution in [-0.2, 0) is 4.74 Å². The number of methoxy groups -OCH3 is 1. The Kier molecular flexibility index (Phi) is 4.49. The van der Waals surface area contributed by atoms with Crippen LogP contribution in [-0.4, -0.2) is 42.4 Å².